The first kappa shape index (κ1) is 19.9. The Hall–Kier alpha value is -2.73. The number of nitrogens with one attached hydrogen (secondary N) is 2. The predicted molar refractivity (Wildman–Crippen MR) is 124 cm³/mol. The number of hydrogen-bond acceptors (Lipinski definition) is 4. The lowest BCUT2D eigenvalue weighted by molar-refractivity contribution is -0.921. The van der Waals surface area contributed by atoms with Crippen LogP contribution in [0.4, 0.5) is 0 Å². The highest BCUT2D eigenvalue weighted by molar-refractivity contribution is 6.30. The molecular weight excluding hydrogens is 422 g/mol. The van der Waals surface area contributed by atoms with E-state index in [9.17, 15) is 0 Å². The lowest BCUT2D eigenvalue weighted by Gasteiger charge is -2.50. The number of halogens is 1. The van der Waals surface area contributed by atoms with Gasteiger partial charge in [0.05, 0.1) is 37.7 Å². The normalized spacial score (nSPS) is 26.8. The number of benzene rings is 2. The van der Waals surface area contributed by atoms with Crippen LogP contribution in [0.1, 0.15) is 41.5 Å². The molecule has 6 rings (SSSR count). The van der Waals surface area contributed by atoms with E-state index < -0.39 is 5.72 Å². The summed E-state index contributed by atoms with van der Waals surface area (Å²) in [5, 5.41) is 3.01. The summed E-state index contributed by atoms with van der Waals surface area (Å²) >= 11 is 6.36. The number of rotatable bonds is 3. The third kappa shape index (κ3) is 3.41. The lowest BCUT2D eigenvalue weighted by atomic mass is 9.92. The van der Waals surface area contributed by atoms with Crippen molar-refractivity contribution in [2.45, 2.75) is 38.1 Å². The minimum absolute atomic E-state index is 0.0496. The Morgan fingerprint density at radius 2 is 1.91 bits per heavy atom. The highest BCUT2D eigenvalue weighted by Crippen LogP contribution is 2.48. The molecule has 5 nitrogen and oxygen atoms in total. The fourth-order valence-corrected chi connectivity index (χ4v) is 5.45. The van der Waals surface area contributed by atoms with Crippen LogP contribution in [-0.2, 0) is 6.54 Å². The van der Waals surface area contributed by atoms with Crippen LogP contribution in [0.2, 0.25) is 5.02 Å². The van der Waals surface area contributed by atoms with Gasteiger partial charge >= 0.3 is 0 Å². The zero-order chi connectivity index (χ0) is 21.7. The van der Waals surface area contributed by atoms with Gasteiger partial charge in [0.1, 0.15) is 18.1 Å². The fraction of sp³-hybridized carbons (Fsp3) is 0.308. The van der Waals surface area contributed by atoms with Crippen LogP contribution in [0.25, 0.3) is 5.70 Å². The smallest absolute Gasteiger partial charge is 0.191 e. The second-order valence-corrected chi connectivity index (χ2v) is 9.50. The first-order valence-corrected chi connectivity index (χ1v) is 11.7. The summed E-state index contributed by atoms with van der Waals surface area (Å²) in [6.45, 7) is 5.13. The molecular formula is C26H27ClN3O2+. The van der Waals surface area contributed by atoms with Gasteiger partial charge in [-0.2, -0.15) is 5.01 Å². The van der Waals surface area contributed by atoms with Crippen LogP contribution in [0.15, 0.2) is 71.2 Å². The van der Waals surface area contributed by atoms with Crippen molar-refractivity contribution in [2.24, 2.45) is 0 Å². The highest BCUT2D eigenvalue weighted by Gasteiger charge is 2.53. The van der Waals surface area contributed by atoms with E-state index in [1.54, 1.807) is 4.90 Å². The molecule has 164 valence electrons. The van der Waals surface area contributed by atoms with Gasteiger partial charge in [0.15, 0.2) is 11.5 Å². The van der Waals surface area contributed by atoms with Crippen molar-refractivity contribution < 1.29 is 14.1 Å². The molecule has 3 aromatic rings. The zero-order valence-electron chi connectivity index (χ0n) is 18.1. The SMILES string of the molecule is Cc1ccc(C2=CC3c4cc(Cl)ccc4OC4(CC[NH+](Cc5ccccc5)CC4)N3N2)o1. The van der Waals surface area contributed by atoms with E-state index in [-0.39, 0.29) is 6.04 Å². The van der Waals surface area contributed by atoms with E-state index >= 15 is 0 Å². The number of nitrogens with zero attached hydrogens (tertiary/aromatic N) is 1. The van der Waals surface area contributed by atoms with Gasteiger partial charge in [-0.1, -0.05) is 41.9 Å². The van der Waals surface area contributed by atoms with Crippen molar-refractivity contribution in [1.82, 2.24) is 10.4 Å². The molecule has 3 aliphatic heterocycles. The number of furan rings is 1. The molecule has 0 radical (unpaired) electrons. The molecule has 1 atom stereocenters. The summed E-state index contributed by atoms with van der Waals surface area (Å²) in [7, 11) is 0. The van der Waals surface area contributed by atoms with Gasteiger partial charge in [-0.05, 0) is 43.3 Å². The van der Waals surface area contributed by atoms with E-state index in [2.05, 4.69) is 46.8 Å². The first-order chi connectivity index (χ1) is 15.6. The molecule has 1 aromatic heterocycles. The average Bonchev–Trinajstić information content (AvgIpc) is 3.44. The lowest BCUT2D eigenvalue weighted by Crippen LogP contribution is -3.12. The van der Waals surface area contributed by atoms with E-state index in [0.717, 1.165) is 66.0 Å². The third-order valence-corrected chi connectivity index (χ3v) is 7.15. The topological polar surface area (TPSA) is 42.1 Å². The first-order valence-electron chi connectivity index (χ1n) is 11.3. The highest BCUT2D eigenvalue weighted by atomic mass is 35.5. The molecule has 2 aromatic carbocycles. The molecule has 0 aliphatic carbocycles. The maximum Gasteiger partial charge on any atom is 0.191 e. The Balaban J connectivity index is 1.29. The minimum atomic E-state index is -0.397. The van der Waals surface area contributed by atoms with Crippen molar-refractivity contribution in [3.05, 3.63) is 94.4 Å². The number of hydrazine groups is 1. The largest absolute Gasteiger partial charge is 0.470 e. The van der Waals surface area contributed by atoms with Crippen molar-refractivity contribution in [2.75, 3.05) is 13.1 Å². The van der Waals surface area contributed by atoms with E-state index in [0.29, 0.717) is 0 Å². The van der Waals surface area contributed by atoms with E-state index in [4.69, 9.17) is 20.8 Å². The molecule has 4 heterocycles. The maximum atomic E-state index is 6.74. The quantitative estimate of drug-likeness (QED) is 0.632. The van der Waals surface area contributed by atoms with Crippen LogP contribution in [0, 0.1) is 6.92 Å². The van der Waals surface area contributed by atoms with E-state index in [1.165, 1.54) is 5.56 Å². The number of likely N-dealkylation sites (tertiary alicyclic amines) is 1. The van der Waals surface area contributed by atoms with Gasteiger partial charge in [0, 0.05) is 16.1 Å². The van der Waals surface area contributed by atoms with Crippen LogP contribution in [0.3, 0.4) is 0 Å². The standard InChI is InChI=1S/C26H26ClN3O2/c1-18-7-9-25(31-18)22-16-23-21-15-20(27)8-10-24(21)32-26(30(23)28-22)11-13-29(14-12-26)17-19-5-3-2-4-6-19/h2-10,15-16,23,28H,11-14,17H2,1H3/p+1. The molecule has 1 spiro atoms. The van der Waals surface area contributed by atoms with Crippen LogP contribution in [0.5, 0.6) is 5.75 Å². The molecule has 3 aliphatic rings. The summed E-state index contributed by atoms with van der Waals surface area (Å²) in [6, 6.07) is 20.8. The Labute approximate surface area is 193 Å². The van der Waals surface area contributed by atoms with Crippen molar-refractivity contribution in [3.63, 3.8) is 0 Å². The van der Waals surface area contributed by atoms with Gasteiger partial charge < -0.3 is 19.5 Å². The Bertz CT molecular complexity index is 1160. The van der Waals surface area contributed by atoms with Gasteiger partial charge in [0.2, 0.25) is 0 Å². The molecule has 0 amide bonds. The van der Waals surface area contributed by atoms with Gasteiger partial charge in [-0.25, -0.2) is 0 Å². The van der Waals surface area contributed by atoms with Gasteiger partial charge in [0.25, 0.3) is 0 Å². The second kappa shape index (κ2) is 7.69. The maximum absolute atomic E-state index is 6.74. The zero-order valence-corrected chi connectivity index (χ0v) is 18.9. The van der Waals surface area contributed by atoms with Crippen LogP contribution < -0.4 is 15.1 Å². The molecule has 0 saturated carbocycles. The molecule has 1 saturated heterocycles. The summed E-state index contributed by atoms with van der Waals surface area (Å²) in [4.78, 5) is 1.60. The van der Waals surface area contributed by atoms with Crippen LogP contribution in [-0.4, -0.2) is 23.8 Å². The Kier molecular flexibility index (Phi) is 4.79. The number of quaternary nitrogens is 1. The van der Waals surface area contributed by atoms with E-state index in [1.807, 2.05) is 37.3 Å². The number of ether oxygens (including phenoxy) is 1. The van der Waals surface area contributed by atoms with Crippen molar-refractivity contribution in [3.8, 4) is 5.75 Å². The summed E-state index contributed by atoms with van der Waals surface area (Å²) in [6.07, 6.45) is 4.12. The molecule has 2 N–H and O–H groups in total. The Morgan fingerprint density at radius 3 is 2.66 bits per heavy atom. The Morgan fingerprint density at radius 1 is 1.09 bits per heavy atom. The molecule has 0 bridgehead atoms. The number of hydrogen-bond donors (Lipinski definition) is 2. The summed E-state index contributed by atoms with van der Waals surface area (Å²) in [5.74, 6) is 2.68. The molecule has 6 heteroatoms. The summed E-state index contributed by atoms with van der Waals surface area (Å²) < 4.78 is 12.7. The summed E-state index contributed by atoms with van der Waals surface area (Å²) in [5.41, 5.74) is 6.70. The second-order valence-electron chi connectivity index (χ2n) is 9.06. The third-order valence-electron chi connectivity index (χ3n) is 6.91. The molecule has 1 fully saturated rings. The predicted octanol–water partition coefficient (Wildman–Crippen LogP) is 4.11. The average molecular weight is 449 g/mol. The molecule has 32 heavy (non-hydrogen) atoms. The van der Waals surface area contributed by atoms with Gasteiger partial charge in [-0.3, -0.25) is 0 Å². The minimum Gasteiger partial charge on any atom is -0.470 e. The number of piperidine rings is 1. The van der Waals surface area contributed by atoms with Gasteiger partial charge in [-0.15, -0.1) is 0 Å². The van der Waals surface area contributed by atoms with Crippen LogP contribution >= 0.6 is 11.6 Å². The molecule has 1 unspecified atom stereocenters. The fourth-order valence-electron chi connectivity index (χ4n) is 5.27. The van der Waals surface area contributed by atoms with Crippen molar-refractivity contribution in [1.29, 1.82) is 0 Å². The monoisotopic (exact) mass is 448 g/mol. The number of fused-ring (bicyclic) bond motifs is 4. The van der Waals surface area contributed by atoms with Crippen molar-refractivity contribution >= 4 is 17.3 Å². The number of aryl methyl sites for hydroxylation is 1.